The molecule has 0 fully saturated rings. The number of fused-ring (bicyclic) bond motifs is 1. The van der Waals surface area contributed by atoms with Crippen LogP contribution in [0.4, 0.5) is 0 Å². The number of aliphatic hydroxyl groups excluding tert-OH is 1. The van der Waals surface area contributed by atoms with Crippen LogP contribution in [0.3, 0.4) is 0 Å². The molecule has 100 valence electrons. The quantitative estimate of drug-likeness (QED) is 0.869. The van der Waals surface area contributed by atoms with Crippen LogP contribution in [0.5, 0.6) is 0 Å². The zero-order valence-electron chi connectivity index (χ0n) is 10.6. The fraction of sp³-hybridized carbons (Fsp3) is 0.429. The first-order valence-electron chi connectivity index (χ1n) is 6.59. The lowest BCUT2D eigenvalue weighted by Gasteiger charge is -2.05. The van der Waals surface area contributed by atoms with Gasteiger partial charge in [-0.1, -0.05) is 29.4 Å². The monoisotopic (exact) mass is 259 g/mol. The van der Waals surface area contributed by atoms with Crippen molar-refractivity contribution in [2.45, 2.75) is 31.3 Å². The third kappa shape index (κ3) is 2.27. The van der Waals surface area contributed by atoms with Crippen LogP contribution < -0.4 is 5.73 Å². The summed E-state index contributed by atoms with van der Waals surface area (Å²) in [6, 6.07) is 8.33. The summed E-state index contributed by atoms with van der Waals surface area (Å²) in [5.41, 5.74) is 8.02. The molecule has 0 aliphatic heterocycles. The average Bonchev–Trinajstić information content (AvgIpc) is 3.05. The number of benzene rings is 1. The van der Waals surface area contributed by atoms with Crippen molar-refractivity contribution >= 4 is 0 Å². The standard InChI is InChI=1S/C14H17N3O2/c15-8-7-12(18)14-16-13(17-19-14)11-6-5-9-3-1-2-4-10(9)11/h1-4,11-12,18H,5-8,15H2/t11?,12-/m0/s1. The van der Waals surface area contributed by atoms with Crippen molar-refractivity contribution in [3.8, 4) is 0 Å². The number of aliphatic hydroxyl groups is 1. The second-order valence-corrected chi connectivity index (χ2v) is 4.87. The summed E-state index contributed by atoms with van der Waals surface area (Å²) in [6.45, 7) is 0.394. The molecule has 19 heavy (non-hydrogen) atoms. The molecule has 0 saturated heterocycles. The van der Waals surface area contributed by atoms with E-state index in [1.807, 2.05) is 12.1 Å². The van der Waals surface area contributed by atoms with Crippen LogP contribution in [0.2, 0.25) is 0 Å². The minimum atomic E-state index is -0.761. The van der Waals surface area contributed by atoms with Gasteiger partial charge in [-0.2, -0.15) is 4.98 Å². The number of aryl methyl sites for hydroxylation is 1. The van der Waals surface area contributed by atoms with Gasteiger partial charge in [-0.3, -0.25) is 0 Å². The number of hydrogen-bond acceptors (Lipinski definition) is 5. The Labute approximate surface area is 111 Å². The van der Waals surface area contributed by atoms with Gasteiger partial charge in [0.2, 0.25) is 0 Å². The Kier molecular flexibility index (Phi) is 3.31. The van der Waals surface area contributed by atoms with Crippen LogP contribution >= 0.6 is 0 Å². The summed E-state index contributed by atoms with van der Waals surface area (Å²) < 4.78 is 5.14. The highest BCUT2D eigenvalue weighted by Crippen LogP contribution is 2.36. The summed E-state index contributed by atoms with van der Waals surface area (Å²) in [5, 5.41) is 13.8. The Morgan fingerprint density at radius 1 is 1.42 bits per heavy atom. The molecule has 1 aromatic carbocycles. The fourth-order valence-electron chi connectivity index (χ4n) is 2.63. The molecule has 0 radical (unpaired) electrons. The maximum Gasteiger partial charge on any atom is 0.255 e. The number of aromatic nitrogens is 2. The normalized spacial score (nSPS) is 19.4. The van der Waals surface area contributed by atoms with Gasteiger partial charge in [0.05, 0.1) is 0 Å². The Morgan fingerprint density at radius 2 is 2.26 bits per heavy atom. The maximum atomic E-state index is 9.80. The molecule has 1 aliphatic carbocycles. The van der Waals surface area contributed by atoms with Gasteiger partial charge in [0.15, 0.2) is 5.82 Å². The molecule has 0 amide bonds. The maximum absolute atomic E-state index is 9.80. The molecule has 1 unspecified atom stereocenters. The smallest absolute Gasteiger partial charge is 0.255 e. The van der Waals surface area contributed by atoms with Gasteiger partial charge in [0.1, 0.15) is 6.10 Å². The summed E-state index contributed by atoms with van der Waals surface area (Å²) in [4.78, 5) is 4.33. The molecule has 3 rings (SSSR count). The molecule has 3 N–H and O–H groups in total. The minimum absolute atomic E-state index is 0.179. The van der Waals surface area contributed by atoms with Crippen LogP contribution in [0.25, 0.3) is 0 Å². The summed E-state index contributed by atoms with van der Waals surface area (Å²) >= 11 is 0. The van der Waals surface area contributed by atoms with E-state index in [4.69, 9.17) is 10.3 Å². The lowest BCUT2D eigenvalue weighted by molar-refractivity contribution is 0.127. The van der Waals surface area contributed by atoms with Crippen LogP contribution in [0, 0.1) is 0 Å². The molecule has 2 atom stereocenters. The van der Waals surface area contributed by atoms with E-state index in [1.54, 1.807) is 0 Å². The molecule has 1 aliphatic rings. The van der Waals surface area contributed by atoms with Crippen molar-refractivity contribution in [1.82, 2.24) is 10.1 Å². The van der Waals surface area contributed by atoms with Crippen LogP contribution in [-0.2, 0) is 6.42 Å². The van der Waals surface area contributed by atoms with Crippen LogP contribution in [0.15, 0.2) is 28.8 Å². The Bertz CT molecular complexity index is 567. The molecule has 0 saturated carbocycles. The van der Waals surface area contributed by atoms with Gasteiger partial charge in [0, 0.05) is 5.92 Å². The first-order valence-corrected chi connectivity index (χ1v) is 6.59. The molecule has 2 aromatic rings. The van der Waals surface area contributed by atoms with Gasteiger partial charge in [-0.05, 0) is 36.9 Å². The zero-order valence-corrected chi connectivity index (χ0v) is 10.6. The van der Waals surface area contributed by atoms with E-state index >= 15 is 0 Å². The molecular formula is C14H17N3O2. The van der Waals surface area contributed by atoms with E-state index in [2.05, 4.69) is 22.3 Å². The van der Waals surface area contributed by atoms with Gasteiger partial charge in [-0.25, -0.2) is 0 Å². The van der Waals surface area contributed by atoms with Crippen molar-refractivity contribution in [3.63, 3.8) is 0 Å². The van der Waals surface area contributed by atoms with Crippen molar-refractivity contribution in [2.24, 2.45) is 5.73 Å². The second kappa shape index (κ2) is 5.11. The van der Waals surface area contributed by atoms with Crippen molar-refractivity contribution in [1.29, 1.82) is 0 Å². The van der Waals surface area contributed by atoms with E-state index in [0.717, 1.165) is 12.8 Å². The van der Waals surface area contributed by atoms with E-state index in [1.165, 1.54) is 11.1 Å². The Hall–Kier alpha value is -1.72. The van der Waals surface area contributed by atoms with Gasteiger partial charge < -0.3 is 15.4 Å². The predicted octanol–water partition coefficient (Wildman–Crippen LogP) is 1.53. The Morgan fingerprint density at radius 3 is 3.11 bits per heavy atom. The van der Waals surface area contributed by atoms with Crippen molar-refractivity contribution in [3.05, 3.63) is 47.1 Å². The van der Waals surface area contributed by atoms with Gasteiger partial charge >= 0.3 is 0 Å². The van der Waals surface area contributed by atoms with Crippen molar-refractivity contribution < 1.29 is 9.63 Å². The van der Waals surface area contributed by atoms with E-state index in [-0.39, 0.29) is 11.8 Å². The topological polar surface area (TPSA) is 85.2 Å². The summed E-state index contributed by atoms with van der Waals surface area (Å²) in [7, 11) is 0. The number of nitrogens with zero attached hydrogens (tertiary/aromatic N) is 2. The summed E-state index contributed by atoms with van der Waals surface area (Å²) in [6.07, 6.45) is 1.70. The number of rotatable bonds is 4. The summed E-state index contributed by atoms with van der Waals surface area (Å²) in [5.74, 6) is 1.11. The second-order valence-electron chi connectivity index (χ2n) is 4.87. The lowest BCUT2D eigenvalue weighted by atomic mass is 10.0. The van der Waals surface area contributed by atoms with Crippen molar-refractivity contribution in [2.75, 3.05) is 6.54 Å². The van der Waals surface area contributed by atoms with Crippen LogP contribution in [0.1, 0.15) is 47.7 Å². The fourth-order valence-corrected chi connectivity index (χ4v) is 2.63. The molecule has 0 bridgehead atoms. The molecule has 1 heterocycles. The van der Waals surface area contributed by atoms with Crippen LogP contribution in [-0.4, -0.2) is 21.8 Å². The highest BCUT2D eigenvalue weighted by Gasteiger charge is 2.28. The first-order chi connectivity index (χ1) is 9.29. The molecule has 1 aromatic heterocycles. The number of hydrogen-bond donors (Lipinski definition) is 2. The predicted molar refractivity (Wildman–Crippen MR) is 69.5 cm³/mol. The van der Waals surface area contributed by atoms with E-state index in [0.29, 0.717) is 18.8 Å². The van der Waals surface area contributed by atoms with E-state index < -0.39 is 6.10 Å². The third-order valence-electron chi connectivity index (χ3n) is 3.63. The SMILES string of the molecule is NCC[C@H](O)c1nc(C2CCc3ccccc32)no1. The minimum Gasteiger partial charge on any atom is -0.383 e. The third-order valence-corrected chi connectivity index (χ3v) is 3.63. The van der Waals surface area contributed by atoms with E-state index in [9.17, 15) is 5.11 Å². The van der Waals surface area contributed by atoms with Gasteiger partial charge in [0.25, 0.3) is 5.89 Å². The molecule has 5 heteroatoms. The molecular weight excluding hydrogens is 242 g/mol. The van der Waals surface area contributed by atoms with Gasteiger partial charge in [-0.15, -0.1) is 0 Å². The molecule has 0 spiro atoms. The zero-order chi connectivity index (χ0) is 13.2. The average molecular weight is 259 g/mol. The molecule has 5 nitrogen and oxygen atoms in total. The highest BCUT2D eigenvalue weighted by atomic mass is 16.5. The Balaban J connectivity index is 1.85. The number of nitrogens with two attached hydrogens (primary N) is 1. The largest absolute Gasteiger partial charge is 0.383 e. The lowest BCUT2D eigenvalue weighted by Crippen LogP contribution is -2.07. The first kappa shape index (κ1) is 12.3. The highest BCUT2D eigenvalue weighted by molar-refractivity contribution is 5.38.